The number of aromatic nitrogens is 4. The van der Waals surface area contributed by atoms with Gasteiger partial charge in [0.2, 0.25) is 0 Å². The van der Waals surface area contributed by atoms with Crippen molar-refractivity contribution in [2.75, 3.05) is 12.3 Å². The first-order valence-electron chi connectivity index (χ1n) is 8.43. The molecule has 17 nitrogen and oxygen atoms in total. The molecule has 0 radical (unpaired) electrons. The number of alkyl halides is 2. The lowest BCUT2D eigenvalue weighted by atomic mass is 10.1. The lowest BCUT2D eigenvalue weighted by molar-refractivity contribution is -0.0905. The molecule has 2 fully saturated rings. The Morgan fingerprint density at radius 2 is 1.79 bits per heavy atom. The molecule has 184 valence electrons. The van der Waals surface area contributed by atoms with Crippen molar-refractivity contribution in [3.05, 3.63) is 12.7 Å². The Labute approximate surface area is 180 Å². The summed E-state index contributed by atoms with van der Waals surface area (Å²) in [6.07, 6.45) is -4.67. The van der Waals surface area contributed by atoms with E-state index >= 15 is 4.39 Å². The number of imidazole rings is 1. The van der Waals surface area contributed by atoms with Gasteiger partial charge >= 0.3 is 23.5 Å². The van der Waals surface area contributed by atoms with Gasteiger partial charge in [0.1, 0.15) is 11.8 Å². The molecule has 2 aliphatic rings. The highest BCUT2D eigenvalue weighted by Gasteiger charge is 2.90. The van der Waals surface area contributed by atoms with Crippen LogP contribution in [0, 0.1) is 0 Å². The van der Waals surface area contributed by atoms with Crippen molar-refractivity contribution in [3.8, 4) is 0 Å². The lowest BCUT2D eigenvalue weighted by Gasteiger charge is -2.22. The molecule has 1 saturated heterocycles. The van der Waals surface area contributed by atoms with Gasteiger partial charge in [-0.2, -0.15) is 8.62 Å². The van der Waals surface area contributed by atoms with Crippen LogP contribution in [0.15, 0.2) is 12.7 Å². The third kappa shape index (κ3) is 4.03. The van der Waals surface area contributed by atoms with Crippen LogP contribution >= 0.6 is 23.5 Å². The van der Waals surface area contributed by atoms with Crippen molar-refractivity contribution in [2.45, 2.75) is 29.8 Å². The Kier molecular flexibility index (Phi) is 5.62. The van der Waals surface area contributed by atoms with E-state index in [0.717, 1.165) is 17.2 Å². The number of halogens is 2. The molecule has 0 aromatic carbocycles. The third-order valence-electron chi connectivity index (χ3n) is 4.91. The van der Waals surface area contributed by atoms with Crippen LogP contribution in [-0.4, -0.2) is 74.4 Å². The maximum atomic E-state index is 15.0. The third-order valence-corrected chi connectivity index (χ3v) is 8.69. The average molecular weight is 539 g/mol. The molecular weight excluding hydrogens is 525 g/mol. The predicted octanol–water partition coefficient (Wildman–Crippen LogP) is -0.560. The molecule has 7 N–H and O–H groups in total. The van der Waals surface area contributed by atoms with Crippen LogP contribution in [0.3, 0.4) is 0 Å². The fourth-order valence-electron chi connectivity index (χ4n) is 3.45. The number of phosphoric ester groups is 1. The minimum atomic E-state index is -5.84. The van der Waals surface area contributed by atoms with Crippen LogP contribution in [0.2, 0.25) is 0 Å². The van der Waals surface area contributed by atoms with Crippen LogP contribution in [0.25, 0.3) is 11.2 Å². The molecular formula is C11H14F2N5O12P3. The van der Waals surface area contributed by atoms with Gasteiger partial charge < -0.3 is 35.2 Å². The number of anilines is 1. The molecule has 1 saturated carbocycles. The van der Waals surface area contributed by atoms with Crippen LogP contribution in [-0.2, 0) is 31.6 Å². The Balaban J connectivity index is 1.54. The van der Waals surface area contributed by atoms with Gasteiger partial charge in [0, 0.05) is 0 Å². The predicted molar refractivity (Wildman–Crippen MR) is 97.1 cm³/mol. The summed E-state index contributed by atoms with van der Waals surface area (Å²) in [6.45, 7) is -1.39. The Bertz CT molecular complexity index is 1260. The maximum absolute atomic E-state index is 15.0. The van der Waals surface area contributed by atoms with Gasteiger partial charge in [-0.25, -0.2) is 37.4 Å². The molecule has 1 aliphatic heterocycles. The van der Waals surface area contributed by atoms with Crippen molar-refractivity contribution in [1.29, 1.82) is 0 Å². The molecule has 7 atom stereocenters. The Morgan fingerprint density at radius 1 is 1.12 bits per heavy atom. The van der Waals surface area contributed by atoms with E-state index < -0.39 is 59.8 Å². The molecule has 7 unspecified atom stereocenters. The number of hydrogen-bond acceptors (Lipinski definition) is 12. The first kappa shape index (κ1) is 24.7. The lowest BCUT2D eigenvalue weighted by Crippen LogP contribution is -2.32. The second kappa shape index (κ2) is 7.52. The quantitative estimate of drug-likeness (QED) is 0.230. The van der Waals surface area contributed by atoms with Crippen LogP contribution in [0.4, 0.5) is 14.6 Å². The molecule has 0 spiro atoms. The fourth-order valence-corrected chi connectivity index (χ4v) is 6.49. The van der Waals surface area contributed by atoms with Gasteiger partial charge in [-0.05, 0) is 0 Å². The van der Waals surface area contributed by atoms with E-state index in [1.807, 2.05) is 0 Å². The number of nitrogen functional groups attached to an aromatic ring is 1. The minimum absolute atomic E-state index is 0.0416. The Morgan fingerprint density at radius 3 is 2.42 bits per heavy atom. The largest absolute Gasteiger partial charge is 0.490 e. The number of aliphatic hydroxyl groups is 1. The standard InChI is InChI=1S/C11H14F2N5O12P3/c12-5-8(18-3-17-4-6(14)15-2-16-7(4)18)28-10(9(13)11(5,10)19)1-27-32(23,24)30-33(25,26)29-31(20,21)22/h2-3,5,8-9,19H,1H2,(H,23,24)(H,25,26)(H2,14,15,16)(H2,20,21,22). The highest BCUT2D eigenvalue weighted by Crippen LogP contribution is 2.69. The summed E-state index contributed by atoms with van der Waals surface area (Å²) < 4.78 is 81.0. The van der Waals surface area contributed by atoms with E-state index in [9.17, 15) is 28.1 Å². The van der Waals surface area contributed by atoms with E-state index in [0.29, 0.717) is 0 Å². The molecule has 0 bridgehead atoms. The van der Waals surface area contributed by atoms with Gasteiger partial charge in [0.15, 0.2) is 41.2 Å². The molecule has 33 heavy (non-hydrogen) atoms. The summed E-state index contributed by atoms with van der Waals surface area (Å²) in [4.78, 5) is 47.1. The molecule has 3 heterocycles. The maximum Gasteiger partial charge on any atom is 0.490 e. The number of nitrogens with two attached hydrogens (primary N) is 1. The van der Waals surface area contributed by atoms with Crippen LogP contribution < -0.4 is 5.73 Å². The zero-order valence-electron chi connectivity index (χ0n) is 15.7. The number of rotatable bonds is 8. The van der Waals surface area contributed by atoms with Crippen molar-refractivity contribution in [3.63, 3.8) is 0 Å². The van der Waals surface area contributed by atoms with E-state index in [2.05, 4.69) is 28.1 Å². The smallest absolute Gasteiger partial charge is 0.382 e. The van der Waals surface area contributed by atoms with Gasteiger partial charge in [-0.1, -0.05) is 0 Å². The zero-order valence-corrected chi connectivity index (χ0v) is 18.3. The highest BCUT2D eigenvalue weighted by atomic mass is 31.3. The normalized spacial score (nSPS) is 35.2. The number of ether oxygens (including phenoxy) is 1. The second-order valence-electron chi connectivity index (χ2n) is 6.93. The average Bonchev–Trinajstić information content (AvgIpc) is 2.97. The summed E-state index contributed by atoms with van der Waals surface area (Å²) in [5.41, 5.74) is 0.181. The molecule has 22 heteroatoms. The first-order chi connectivity index (χ1) is 15.0. The van der Waals surface area contributed by atoms with E-state index in [-0.39, 0.29) is 17.0 Å². The van der Waals surface area contributed by atoms with Crippen molar-refractivity contribution >= 4 is 40.4 Å². The van der Waals surface area contributed by atoms with E-state index in [4.69, 9.17) is 25.2 Å². The van der Waals surface area contributed by atoms with Crippen molar-refractivity contribution in [2.24, 2.45) is 0 Å². The van der Waals surface area contributed by atoms with E-state index in [1.165, 1.54) is 0 Å². The van der Waals surface area contributed by atoms with Crippen LogP contribution in [0.5, 0.6) is 0 Å². The van der Waals surface area contributed by atoms with Gasteiger partial charge in [-0.15, -0.1) is 0 Å². The topological polar surface area (TPSA) is 259 Å². The summed E-state index contributed by atoms with van der Waals surface area (Å²) in [5.74, 6) is -0.0678. The van der Waals surface area contributed by atoms with Gasteiger partial charge in [-0.3, -0.25) is 9.09 Å². The first-order valence-corrected chi connectivity index (χ1v) is 12.9. The Hall–Kier alpha value is -1.46. The number of phosphoric acid groups is 3. The van der Waals surface area contributed by atoms with Crippen LogP contribution in [0.1, 0.15) is 6.23 Å². The second-order valence-corrected chi connectivity index (χ2v) is 11.4. The molecule has 2 aromatic heterocycles. The zero-order chi connectivity index (χ0) is 24.6. The molecule has 0 amide bonds. The van der Waals surface area contributed by atoms with Crippen molar-refractivity contribution < 1.29 is 65.0 Å². The summed E-state index contributed by atoms with van der Waals surface area (Å²) in [5, 5.41) is 10.4. The minimum Gasteiger partial charge on any atom is -0.382 e. The summed E-state index contributed by atoms with van der Waals surface area (Å²) >= 11 is 0. The summed E-state index contributed by atoms with van der Waals surface area (Å²) in [6, 6.07) is 0. The highest BCUT2D eigenvalue weighted by molar-refractivity contribution is 7.66. The van der Waals surface area contributed by atoms with Gasteiger partial charge in [0.05, 0.1) is 12.9 Å². The molecule has 4 rings (SSSR count). The molecule has 2 aromatic rings. The number of fused-ring (bicyclic) bond motifs is 2. The van der Waals surface area contributed by atoms with Gasteiger partial charge in [0.25, 0.3) is 0 Å². The number of nitrogens with zero attached hydrogens (tertiary/aromatic N) is 4. The monoisotopic (exact) mass is 539 g/mol. The molecule has 1 aliphatic carbocycles. The fraction of sp³-hybridized carbons (Fsp3) is 0.545. The summed E-state index contributed by atoms with van der Waals surface area (Å²) in [7, 11) is -17.2. The van der Waals surface area contributed by atoms with Crippen molar-refractivity contribution in [1.82, 2.24) is 19.5 Å². The number of hydrogen-bond donors (Lipinski definition) is 6. The van der Waals surface area contributed by atoms with E-state index in [1.54, 1.807) is 0 Å². The SMILES string of the molecule is Nc1ncnc2c1ncn2C1OC2(COP(=O)(O)OP(=O)(O)OP(=O)(O)O)C(F)C2(O)C1F.